The van der Waals surface area contributed by atoms with E-state index in [0.717, 1.165) is 6.42 Å². The molecule has 0 bridgehead atoms. The number of Topliss-reactive ketones (excluding diaryl/α,β-unsaturated/α-hetero) is 1. The third-order valence-corrected chi connectivity index (χ3v) is 2.99. The van der Waals surface area contributed by atoms with Crippen LogP contribution in [-0.2, 0) is 0 Å². The van der Waals surface area contributed by atoms with Crippen LogP contribution in [-0.4, -0.2) is 5.78 Å². The number of hydrogen-bond donors (Lipinski definition) is 0. The average molecular weight is 240 g/mol. The molecule has 0 spiro atoms. The van der Waals surface area contributed by atoms with Crippen LogP contribution in [0.2, 0.25) is 0 Å². The molecule has 0 aliphatic rings. The minimum Gasteiger partial charge on any atom is -0.461 e. The zero-order valence-corrected chi connectivity index (χ0v) is 10.2. The van der Waals surface area contributed by atoms with Crippen molar-refractivity contribution < 1.29 is 9.21 Å². The van der Waals surface area contributed by atoms with E-state index in [9.17, 15) is 4.79 Å². The maximum atomic E-state index is 11.8. The first-order chi connectivity index (χ1) is 8.81. The van der Waals surface area contributed by atoms with Crippen molar-refractivity contribution >= 4 is 5.78 Å². The number of rotatable bonds is 6. The van der Waals surface area contributed by atoms with Crippen molar-refractivity contribution in [2.45, 2.75) is 18.8 Å². The monoisotopic (exact) mass is 240 g/mol. The lowest BCUT2D eigenvalue weighted by atomic mass is 9.93. The van der Waals surface area contributed by atoms with Gasteiger partial charge in [0.15, 0.2) is 11.5 Å². The maximum absolute atomic E-state index is 11.8. The van der Waals surface area contributed by atoms with E-state index >= 15 is 0 Å². The van der Waals surface area contributed by atoms with Gasteiger partial charge in [-0.3, -0.25) is 4.79 Å². The van der Waals surface area contributed by atoms with E-state index in [2.05, 4.69) is 18.7 Å². The maximum Gasteiger partial charge on any atom is 0.198 e. The minimum absolute atomic E-state index is 0.0442. The van der Waals surface area contributed by atoms with E-state index < -0.39 is 0 Å². The van der Waals surface area contributed by atoms with Crippen LogP contribution in [0.15, 0.2) is 65.8 Å². The molecule has 0 amide bonds. The molecule has 0 radical (unpaired) electrons. The van der Waals surface area contributed by atoms with Crippen molar-refractivity contribution in [1.82, 2.24) is 0 Å². The molecule has 0 saturated carbocycles. The number of furan rings is 1. The Bertz CT molecular complexity index is 497. The second kappa shape index (κ2) is 6.01. The Hall–Kier alpha value is -2.09. The molecule has 0 saturated heterocycles. The van der Waals surface area contributed by atoms with Crippen LogP contribution in [0.3, 0.4) is 0 Å². The first-order valence-corrected chi connectivity index (χ1v) is 6.05. The van der Waals surface area contributed by atoms with Gasteiger partial charge in [-0.2, -0.15) is 0 Å². The van der Waals surface area contributed by atoms with E-state index in [4.69, 9.17) is 4.42 Å². The number of allylic oxidation sites excluding steroid dienone is 1. The van der Waals surface area contributed by atoms with E-state index in [-0.39, 0.29) is 11.7 Å². The molecule has 0 fully saturated rings. The molecular weight excluding hydrogens is 224 g/mol. The van der Waals surface area contributed by atoms with E-state index in [1.54, 1.807) is 12.1 Å². The Labute approximate surface area is 107 Å². The summed E-state index contributed by atoms with van der Waals surface area (Å²) in [7, 11) is 0. The van der Waals surface area contributed by atoms with E-state index in [1.807, 2.05) is 24.3 Å². The van der Waals surface area contributed by atoms with Crippen molar-refractivity contribution in [2.75, 3.05) is 0 Å². The van der Waals surface area contributed by atoms with Gasteiger partial charge in [0.05, 0.1) is 6.26 Å². The van der Waals surface area contributed by atoms with Gasteiger partial charge >= 0.3 is 0 Å². The number of hydrogen-bond acceptors (Lipinski definition) is 2. The fourth-order valence-corrected chi connectivity index (χ4v) is 1.97. The van der Waals surface area contributed by atoms with Crippen LogP contribution in [0.25, 0.3) is 0 Å². The Balaban J connectivity index is 1.96. The van der Waals surface area contributed by atoms with Gasteiger partial charge in [0.1, 0.15) is 0 Å². The molecule has 1 aromatic heterocycles. The van der Waals surface area contributed by atoms with Gasteiger partial charge in [-0.15, -0.1) is 6.58 Å². The van der Waals surface area contributed by atoms with Gasteiger partial charge in [0.2, 0.25) is 0 Å². The summed E-state index contributed by atoms with van der Waals surface area (Å²) in [6, 6.07) is 13.5. The summed E-state index contributed by atoms with van der Waals surface area (Å²) in [5.41, 5.74) is 1.19. The van der Waals surface area contributed by atoms with Gasteiger partial charge in [-0.25, -0.2) is 0 Å². The number of carbonyl (C=O) groups excluding carboxylic acids is 1. The van der Waals surface area contributed by atoms with E-state index in [1.165, 1.54) is 11.8 Å². The topological polar surface area (TPSA) is 30.2 Å². The largest absolute Gasteiger partial charge is 0.461 e. The highest BCUT2D eigenvalue weighted by atomic mass is 16.3. The fourth-order valence-electron chi connectivity index (χ4n) is 1.97. The molecule has 18 heavy (non-hydrogen) atoms. The minimum atomic E-state index is 0.0442. The highest BCUT2D eigenvalue weighted by Crippen LogP contribution is 2.23. The SMILES string of the molecule is C=C[C@H](CCC(=O)c1ccco1)c1ccccc1. The molecule has 2 heteroatoms. The van der Waals surface area contributed by atoms with Crippen LogP contribution in [0.1, 0.15) is 34.9 Å². The fraction of sp³-hybridized carbons (Fsp3) is 0.188. The molecule has 0 unspecified atom stereocenters. The average Bonchev–Trinajstić information content (AvgIpc) is 2.94. The normalized spacial score (nSPS) is 12.0. The lowest BCUT2D eigenvalue weighted by molar-refractivity contribution is 0.0952. The first-order valence-electron chi connectivity index (χ1n) is 6.05. The Morgan fingerprint density at radius 2 is 2.00 bits per heavy atom. The van der Waals surface area contributed by atoms with Gasteiger partial charge in [0, 0.05) is 12.3 Å². The van der Waals surface area contributed by atoms with Crippen molar-refractivity contribution in [1.29, 1.82) is 0 Å². The Morgan fingerprint density at radius 1 is 1.22 bits per heavy atom. The van der Waals surface area contributed by atoms with Gasteiger partial charge in [-0.05, 0) is 24.1 Å². The lowest BCUT2D eigenvalue weighted by Gasteiger charge is -2.11. The molecular formula is C16H16O2. The third-order valence-electron chi connectivity index (χ3n) is 2.99. The quantitative estimate of drug-likeness (QED) is 0.559. The van der Waals surface area contributed by atoms with Gasteiger partial charge in [0.25, 0.3) is 0 Å². The zero-order chi connectivity index (χ0) is 12.8. The molecule has 2 aromatic rings. The van der Waals surface area contributed by atoms with Crippen molar-refractivity contribution in [2.24, 2.45) is 0 Å². The smallest absolute Gasteiger partial charge is 0.198 e. The predicted octanol–water partition coefficient (Wildman–Crippen LogP) is 4.21. The molecule has 2 rings (SSSR count). The van der Waals surface area contributed by atoms with E-state index in [0.29, 0.717) is 12.2 Å². The second-order valence-electron chi connectivity index (χ2n) is 4.19. The van der Waals surface area contributed by atoms with Crippen LogP contribution in [0.4, 0.5) is 0 Å². The number of ketones is 1. The zero-order valence-electron chi connectivity index (χ0n) is 10.2. The highest BCUT2D eigenvalue weighted by Gasteiger charge is 2.13. The molecule has 0 aliphatic carbocycles. The molecule has 0 N–H and O–H groups in total. The Morgan fingerprint density at radius 3 is 2.61 bits per heavy atom. The summed E-state index contributed by atoms with van der Waals surface area (Å²) in [6.45, 7) is 3.84. The van der Waals surface area contributed by atoms with Crippen LogP contribution in [0.5, 0.6) is 0 Å². The summed E-state index contributed by atoms with van der Waals surface area (Å²) in [5.74, 6) is 0.693. The Kier molecular flexibility index (Phi) is 4.13. The highest BCUT2D eigenvalue weighted by molar-refractivity contribution is 5.93. The van der Waals surface area contributed by atoms with Crippen molar-refractivity contribution in [3.63, 3.8) is 0 Å². The summed E-state index contributed by atoms with van der Waals surface area (Å²) in [6.07, 6.45) is 4.65. The summed E-state index contributed by atoms with van der Waals surface area (Å²) in [5, 5.41) is 0. The van der Waals surface area contributed by atoms with Crippen LogP contribution >= 0.6 is 0 Å². The van der Waals surface area contributed by atoms with Crippen molar-refractivity contribution in [3.05, 3.63) is 72.7 Å². The summed E-state index contributed by atoms with van der Waals surface area (Å²) >= 11 is 0. The third kappa shape index (κ3) is 2.98. The van der Waals surface area contributed by atoms with Crippen LogP contribution in [0, 0.1) is 0 Å². The van der Waals surface area contributed by atoms with Gasteiger partial charge in [-0.1, -0.05) is 36.4 Å². The molecule has 1 heterocycles. The summed E-state index contributed by atoms with van der Waals surface area (Å²) < 4.78 is 5.09. The second-order valence-corrected chi connectivity index (χ2v) is 4.19. The standard InChI is InChI=1S/C16H16O2/c1-2-13(14-7-4-3-5-8-14)10-11-15(17)16-9-6-12-18-16/h2-9,12-13H,1,10-11H2/t13-/m1/s1. The molecule has 1 atom stereocenters. The number of benzene rings is 1. The van der Waals surface area contributed by atoms with Gasteiger partial charge < -0.3 is 4.42 Å². The first kappa shape index (κ1) is 12.4. The molecule has 0 aliphatic heterocycles. The van der Waals surface area contributed by atoms with Crippen molar-refractivity contribution in [3.8, 4) is 0 Å². The number of carbonyl (C=O) groups is 1. The van der Waals surface area contributed by atoms with Crippen LogP contribution < -0.4 is 0 Å². The molecule has 1 aromatic carbocycles. The molecule has 2 nitrogen and oxygen atoms in total. The molecule has 92 valence electrons. The summed E-state index contributed by atoms with van der Waals surface area (Å²) in [4.78, 5) is 11.8. The predicted molar refractivity (Wildman–Crippen MR) is 71.7 cm³/mol. The lowest BCUT2D eigenvalue weighted by Crippen LogP contribution is -2.02.